The summed E-state index contributed by atoms with van der Waals surface area (Å²) in [5, 5.41) is 26.6. The smallest absolute Gasteiger partial charge is 0.262 e. The molecule has 4 rings (SSSR count). The molecule has 3 aromatic rings. The molecule has 0 radical (unpaired) electrons. The molecule has 0 aliphatic carbocycles. The molecule has 13 heteroatoms. The molecule has 1 amide bonds. The number of carbonyl (C=O) groups is 1. The van der Waals surface area contributed by atoms with Gasteiger partial charge in [-0.2, -0.15) is 10.5 Å². The summed E-state index contributed by atoms with van der Waals surface area (Å²) in [7, 11) is 1.46. The first-order chi connectivity index (χ1) is 17.8. The van der Waals surface area contributed by atoms with Gasteiger partial charge in [0.15, 0.2) is 24.3 Å². The Balaban J connectivity index is 1.62. The molecule has 0 spiro atoms. The Labute approximate surface area is 220 Å². The highest BCUT2D eigenvalue weighted by molar-refractivity contribution is 9.10. The summed E-state index contributed by atoms with van der Waals surface area (Å²) < 4.78 is 12.1. The van der Waals surface area contributed by atoms with Gasteiger partial charge in [-0.25, -0.2) is 9.98 Å². The van der Waals surface area contributed by atoms with E-state index in [4.69, 9.17) is 26.2 Å². The van der Waals surface area contributed by atoms with Crippen molar-refractivity contribution in [1.82, 2.24) is 10.3 Å². The Morgan fingerprint density at radius 1 is 1.19 bits per heavy atom. The first kappa shape index (κ1) is 25.1. The topological polar surface area (TPSA) is 196 Å². The number of amides is 1. The van der Waals surface area contributed by atoms with Gasteiger partial charge in [0.25, 0.3) is 5.91 Å². The summed E-state index contributed by atoms with van der Waals surface area (Å²) in [5.41, 5.74) is 14.0. The molecule has 37 heavy (non-hydrogen) atoms. The van der Waals surface area contributed by atoms with Crippen LogP contribution in [0, 0.1) is 22.8 Å². The summed E-state index contributed by atoms with van der Waals surface area (Å²) in [5.74, 6) is 0.646. The highest BCUT2D eigenvalue weighted by Gasteiger charge is 2.30. The Bertz CT molecular complexity index is 1480. The summed E-state index contributed by atoms with van der Waals surface area (Å²) in [6, 6.07) is 13.3. The van der Waals surface area contributed by atoms with Gasteiger partial charge in [0.1, 0.15) is 29.3 Å². The molecule has 2 aromatic carbocycles. The average Bonchev–Trinajstić information content (AvgIpc) is 2.88. The Hall–Kier alpha value is -5.01. The number of guanidine groups is 1. The first-order valence-electron chi connectivity index (χ1n) is 10.7. The van der Waals surface area contributed by atoms with E-state index in [1.165, 1.54) is 7.11 Å². The standard InChI is InChI=1S/C24H20BrN9O3/c1-36-17-8-12(2-7-16(17)37-10-18(35)31-14-5-3-13(25)4-6-14)21-19-20(28)15(9-26)22(29)33-23(19)34-24(32-21)30-11-27/h2-8,21H,10H2,1H3,(H,31,35)(H6,28,29,30,32,33,34). The number of benzene rings is 2. The summed E-state index contributed by atoms with van der Waals surface area (Å²) in [6.45, 7) is -0.252. The quantitative estimate of drug-likeness (QED) is 0.220. The van der Waals surface area contributed by atoms with Crippen molar-refractivity contribution in [3.8, 4) is 23.8 Å². The fourth-order valence-electron chi connectivity index (χ4n) is 3.67. The number of hydrogen-bond donors (Lipinski definition) is 5. The monoisotopic (exact) mass is 561 g/mol. The zero-order chi connectivity index (χ0) is 26.5. The number of methoxy groups -OCH3 is 1. The van der Waals surface area contributed by atoms with Gasteiger partial charge in [0.2, 0.25) is 5.96 Å². The highest BCUT2D eigenvalue weighted by Crippen LogP contribution is 2.42. The molecular weight excluding hydrogens is 542 g/mol. The number of nitrogens with two attached hydrogens (primary N) is 2. The second kappa shape index (κ2) is 10.7. The number of nitrogen functional groups attached to an aromatic ring is 2. The van der Waals surface area contributed by atoms with E-state index >= 15 is 0 Å². The van der Waals surface area contributed by atoms with Crippen molar-refractivity contribution in [2.75, 3.05) is 35.8 Å². The number of aliphatic imine (C=N–C) groups is 1. The van der Waals surface area contributed by atoms with E-state index in [-0.39, 0.29) is 41.4 Å². The molecule has 0 fully saturated rings. The second-order valence-corrected chi connectivity index (χ2v) is 8.57. The number of anilines is 4. The van der Waals surface area contributed by atoms with E-state index in [1.807, 2.05) is 18.2 Å². The largest absolute Gasteiger partial charge is 0.493 e. The lowest BCUT2D eigenvalue weighted by molar-refractivity contribution is -0.118. The van der Waals surface area contributed by atoms with Gasteiger partial charge in [0, 0.05) is 15.7 Å². The van der Waals surface area contributed by atoms with Crippen LogP contribution in [0.15, 0.2) is 51.9 Å². The Morgan fingerprint density at radius 3 is 2.62 bits per heavy atom. The fraction of sp³-hybridized carbons (Fsp3) is 0.125. The number of fused-ring (bicyclic) bond motifs is 1. The van der Waals surface area contributed by atoms with Crippen LogP contribution in [0.25, 0.3) is 0 Å². The zero-order valence-electron chi connectivity index (χ0n) is 19.4. The minimum Gasteiger partial charge on any atom is -0.493 e. The van der Waals surface area contributed by atoms with Crippen LogP contribution in [-0.2, 0) is 4.79 Å². The van der Waals surface area contributed by atoms with Gasteiger partial charge in [0.05, 0.1) is 12.8 Å². The van der Waals surface area contributed by atoms with Gasteiger partial charge < -0.3 is 31.6 Å². The maximum absolute atomic E-state index is 12.3. The van der Waals surface area contributed by atoms with Gasteiger partial charge in [-0.15, -0.1) is 0 Å². The Morgan fingerprint density at radius 2 is 1.95 bits per heavy atom. The van der Waals surface area contributed by atoms with Crippen LogP contribution < -0.4 is 36.9 Å². The Kier molecular flexibility index (Phi) is 7.27. The van der Waals surface area contributed by atoms with Gasteiger partial charge in [-0.1, -0.05) is 22.0 Å². The van der Waals surface area contributed by atoms with Crippen molar-refractivity contribution in [3.05, 3.63) is 63.6 Å². The van der Waals surface area contributed by atoms with Gasteiger partial charge in [-0.05, 0) is 42.0 Å². The molecule has 0 bridgehead atoms. The number of halogens is 1. The van der Waals surface area contributed by atoms with E-state index in [9.17, 15) is 10.1 Å². The van der Waals surface area contributed by atoms with E-state index in [0.29, 0.717) is 28.3 Å². The lowest BCUT2D eigenvalue weighted by Crippen LogP contribution is -2.32. The third-order valence-electron chi connectivity index (χ3n) is 5.35. The predicted molar refractivity (Wildman–Crippen MR) is 141 cm³/mol. The normalized spacial score (nSPS) is 13.6. The van der Waals surface area contributed by atoms with Crippen LogP contribution in [0.4, 0.5) is 23.0 Å². The average molecular weight is 562 g/mol. The number of nitrogens with zero attached hydrogens (tertiary/aromatic N) is 4. The maximum Gasteiger partial charge on any atom is 0.262 e. The lowest BCUT2D eigenvalue weighted by Gasteiger charge is -2.26. The molecule has 0 saturated carbocycles. The van der Waals surface area contributed by atoms with Crippen LogP contribution in [0.2, 0.25) is 0 Å². The maximum atomic E-state index is 12.3. The van der Waals surface area contributed by atoms with E-state index in [0.717, 1.165) is 4.47 Å². The summed E-state index contributed by atoms with van der Waals surface area (Å²) >= 11 is 3.35. The number of nitrogens with one attached hydrogen (secondary N) is 3. The second-order valence-electron chi connectivity index (χ2n) is 7.66. The van der Waals surface area contributed by atoms with Crippen LogP contribution in [0.1, 0.15) is 22.7 Å². The van der Waals surface area contributed by atoms with Crippen LogP contribution in [0.3, 0.4) is 0 Å². The SMILES string of the molecule is COc1cc(C2N=C(NC#N)Nc3nc(N)c(C#N)c(N)c32)ccc1OCC(=O)Nc1ccc(Br)cc1. The first-order valence-corrected chi connectivity index (χ1v) is 11.5. The minimum atomic E-state index is -0.754. The van der Waals surface area contributed by atoms with Crippen molar-refractivity contribution in [3.63, 3.8) is 0 Å². The van der Waals surface area contributed by atoms with Gasteiger partial charge in [-0.3, -0.25) is 10.1 Å². The number of pyridine rings is 1. The van der Waals surface area contributed by atoms with Crippen molar-refractivity contribution in [2.45, 2.75) is 6.04 Å². The number of ether oxygens (including phenoxy) is 2. The van der Waals surface area contributed by atoms with E-state index in [1.54, 1.807) is 36.5 Å². The molecule has 186 valence electrons. The molecule has 1 aliphatic heterocycles. The molecule has 1 atom stereocenters. The molecule has 1 aromatic heterocycles. The predicted octanol–water partition coefficient (Wildman–Crippen LogP) is 2.85. The number of hydrogen-bond acceptors (Lipinski definition) is 11. The van der Waals surface area contributed by atoms with Crippen molar-refractivity contribution in [2.24, 2.45) is 4.99 Å². The molecule has 7 N–H and O–H groups in total. The number of nitriles is 2. The van der Waals surface area contributed by atoms with Crippen LogP contribution in [0.5, 0.6) is 11.5 Å². The third-order valence-corrected chi connectivity index (χ3v) is 5.88. The molecule has 1 aliphatic rings. The third kappa shape index (κ3) is 5.32. The molecular formula is C24H20BrN9O3. The highest BCUT2D eigenvalue weighted by atomic mass is 79.9. The van der Waals surface area contributed by atoms with Crippen LogP contribution >= 0.6 is 15.9 Å². The number of rotatable bonds is 6. The molecule has 1 unspecified atom stereocenters. The number of carbonyl (C=O) groups excluding carboxylic acids is 1. The molecule has 2 heterocycles. The summed E-state index contributed by atoms with van der Waals surface area (Å²) in [4.78, 5) is 21.1. The number of aromatic nitrogens is 1. The van der Waals surface area contributed by atoms with E-state index in [2.05, 4.69) is 41.9 Å². The van der Waals surface area contributed by atoms with Crippen molar-refractivity contribution in [1.29, 1.82) is 10.5 Å². The summed E-state index contributed by atoms with van der Waals surface area (Å²) in [6.07, 6.45) is 1.80. The van der Waals surface area contributed by atoms with Crippen LogP contribution in [-0.4, -0.2) is 30.6 Å². The van der Waals surface area contributed by atoms with Crippen molar-refractivity contribution < 1.29 is 14.3 Å². The fourth-order valence-corrected chi connectivity index (χ4v) is 3.93. The zero-order valence-corrected chi connectivity index (χ0v) is 21.0. The van der Waals surface area contributed by atoms with E-state index < -0.39 is 6.04 Å². The molecule has 12 nitrogen and oxygen atoms in total. The lowest BCUT2D eigenvalue weighted by atomic mass is 9.95. The minimum absolute atomic E-state index is 0.0288. The molecule has 0 saturated heterocycles. The van der Waals surface area contributed by atoms with Gasteiger partial charge >= 0.3 is 0 Å². The van der Waals surface area contributed by atoms with Crippen molar-refractivity contribution >= 4 is 50.8 Å².